The molecule has 0 bridgehead atoms. The number of alkyl halides is 3. The van der Waals surface area contributed by atoms with E-state index in [9.17, 15) is 18.0 Å². The molecular formula is C24H25F3N6O2. The van der Waals surface area contributed by atoms with Gasteiger partial charge in [0.2, 0.25) is 0 Å². The second-order valence-corrected chi connectivity index (χ2v) is 8.39. The number of piperazine rings is 1. The van der Waals surface area contributed by atoms with Crippen LogP contribution in [0.15, 0.2) is 48.5 Å². The molecule has 1 aromatic heterocycles. The highest BCUT2D eigenvalue weighted by Gasteiger charge is 2.30. The molecule has 1 amide bonds. The molecule has 0 unspecified atom stereocenters. The number of likely N-dealkylation sites (N-methyl/N-ethyl adjacent to an activating group) is 1. The molecule has 1 aliphatic heterocycles. The predicted octanol–water partition coefficient (Wildman–Crippen LogP) is 3.38. The Labute approximate surface area is 200 Å². The van der Waals surface area contributed by atoms with Crippen molar-refractivity contribution >= 4 is 11.7 Å². The van der Waals surface area contributed by atoms with Gasteiger partial charge in [-0.3, -0.25) is 9.69 Å². The first-order chi connectivity index (χ1) is 16.6. The first-order valence-corrected chi connectivity index (χ1v) is 10.9. The molecule has 2 heterocycles. The number of benzene rings is 2. The van der Waals surface area contributed by atoms with E-state index in [0.29, 0.717) is 17.9 Å². The molecule has 1 aliphatic rings. The summed E-state index contributed by atoms with van der Waals surface area (Å²) in [6.07, 6.45) is -4.42. The second-order valence-electron chi connectivity index (χ2n) is 8.39. The van der Waals surface area contributed by atoms with E-state index in [4.69, 9.17) is 16.2 Å². The SMILES string of the molecule is CN1CCN(Cc2cc(Oc3ccc(C(F)(F)F)cc3)ccc2-c2nc(N)cc(C(N)=O)n2)CC1. The Balaban J connectivity index is 1.67. The Kier molecular flexibility index (Phi) is 6.90. The lowest BCUT2D eigenvalue weighted by Crippen LogP contribution is -2.43. The molecule has 11 heteroatoms. The lowest BCUT2D eigenvalue weighted by Gasteiger charge is -2.32. The Morgan fingerprint density at radius 2 is 1.66 bits per heavy atom. The van der Waals surface area contributed by atoms with Crippen molar-refractivity contribution in [2.45, 2.75) is 12.7 Å². The molecule has 2 aromatic carbocycles. The van der Waals surface area contributed by atoms with Crippen molar-refractivity contribution < 1.29 is 22.7 Å². The van der Waals surface area contributed by atoms with Gasteiger partial charge in [-0.25, -0.2) is 9.97 Å². The highest BCUT2D eigenvalue weighted by Crippen LogP contribution is 2.33. The minimum atomic E-state index is -4.42. The highest BCUT2D eigenvalue weighted by atomic mass is 19.4. The fourth-order valence-corrected chi connectivity index (χ4v) is 3.79. The van der Waals surface area contributed by atoms with Crippen molar-refractivity contribution in [1.82, 2.24) is 19.8 Å². The topological polar surface area (TPSA) is 111 Å². The van der Waals surface area contributed by atoms with Crippen LogP contribution in [0.3, 0.4) is 0 Å². The number of carbonyl (C=O) groups is 1. The molecule has 1 fully saturated rings. The standard InChI is InChI=1S/C24H25F3N6O2/c1-32-8-10-33(11-9-32)14-15-12-18(35-17-4-2-16(3-5-17)24(25,26)27)6-7-19(15)23-30-20(22(29)34)13-21(28)31-23/h2-7,12-13H,8-11,14H2,1H3,(H2,29,34)(H2,28,30,31). The largest absolute Gasteiger partial charge is 0.457 e. The van der Waals surface area contributed by atoms with Gasteiger partial charge in [-0.1, -0.05) is 0 Å². The third kappa shape index (κ3) is 6.06. The number of amides is 1. The summed E-state index contributed by atoms with van der Waals surface area (Å²) in [6, 6.07) is 11.0. The van der Waals surface area contributed by atoms with Gasteiger partial charge in [-0.15, -0.1) is 0 Å². The van der Waals surface area contributed by atoms with Crippen molar-refractivity contribution in [2.24, 2.45) is 5.73 Å². The molecule has 184 valence electrons. The summed E-state index contributed by atoms with van der Waals surface area (Å²) >= 11 is 0. The third-order valence-electron chi connectivity index (χ3n) is 5.72. The number of anilines is 1. The molecule has 35 heavy (non-hydrogen) atoms. The number of primary amides is 1. The van der Waals surface area contributed by atoms with Gasteiger partial charge in [0, 0.05) is 44.4 Å². The average Bonchev–Trinajstić information content (AvgIpc) is 2.80. The number of hydrogen-bond acceptors (Lipinski definition) is 7. The van der Waals surface area contributed by atoms with E-state index in [2.05, 4.69) is 26.8 Å². The van der Waals surface area contributed by atoms with Crippen LogP contribution in [-0.4, -0.2) is 58.9 Å². The number of rotatable bonds is 6. The van der Waals surface area contributed by atoms with E-state index in [0.717, 1.165) is 43.9 Å². The number of nitrogens with zero attached hydrogens (tertiary/aromatic N) is 4. The number of nitrogen functional groups attached to an aromatic ring is 1. The third-order valence-corrected chi connectivity index (χ3v) is 5.72. The van der Waals surface area contributed by atoms with Crippen LogP contribution in [0.1, 0.15) is 21.6 Å². The van der Waals surface area contributed by atoms with Gasteiger partial charge in [0.15, 0.2) is 5.82 Å². The van der Waals surface area contributed by atoms with Gasteiger partial charge in [0.05, 0.1) is 5.56 Å². The van der Waals surface area contributed by atoms with Crippen molar-refractivity contribution in [3.63, 3.8) is 0 Å². The van der Waals surface area contributed by atoms with E-state index in [1.807, 2.05) is 0 Å². The van der Waals surface area contributed by atoms with Crippen LogP contribution < -0.4 is 16.2 Å². The zero-order valence-electron chi connectivity index (χ0n) is 19.0. The fourth-order valence-electron chi connectivity index (χ4n) is 3.79. The number of hydrogen-bond donors (Lipinski definition) is 2. The van der Waals surface area contributed by atoms with Crippen LogP contribution >= 0.6 is 0 Å². The summed E-state index contributed by atoms with van der Waals surface area (Å²) in [7, 11) is 2.06. The maximum atomic E-state index is 12.9. The summed E-state index contributed by atoms with van der Waals surface area (Å²) in [6.45, 7) is 4.08. The summed E-state index contributed by atoms with van der Waals surface area (Å²) in [5.41, 5.74) is 12.0. The lowest BCUT2D eigenvalue weighted by molar-refractivity contribution is -0.137. The molecule has 0 radical (unpaired) electrons. The van der Waals surface area contributed by atoms with Crippen LogP contribution in [0.4, 0.5) is 19.0 Å². The number of nitrogens with two attached hydrogens (primary N) is 2. The molecular weight excluding hydrogens is 461 g/mol. The van der Waals surface area contributed by atoms with Crippen molar-refractivity contribution in [2.75, 3.05) is 39.0 Å². The van der Waals surface area contributed by atoms with E-state index in [1.54, 1.807) is 18.2 Å². The average molecular weight is 486 g/mol. The van der Waals surface area contributed by atoms with Gasteiger partial charge in [-0.05, 0) is 55.1 Å². The molecule has 0 atom stereocenters. The first-order valence-electron chi connectivity index (χ1n) is 10.9. The second kappa shape index (κ2) is 9.88. The number of ether oxygens (including phenoxy) is 1. The summed E-state index contributed by atoms with van der Waals surface area (Å²) in [5.74, 6) is 0.357. The van der Waals surface area contributed by atoms with Gasteiger partial charge < -0.3 is 21.1 Å². The Hall–Kier alpha value is -3.70. The highest BCUT2D eigenvalue weighted by molar-refractivity contribution is 5.92. The molecule has 0 aliphatic carbocycles. The number of halogens is 3. The molecule has 4 rings (SSSR count). The van der Waals surface area contributed by atoms with Crippen LogP contribution in [0, 0.1) is 0 Å². The normalized spacial score (nSPS) is 15.2. The van der Waals surface area contributed by atoms with Gasteiger partial charge in [0.25, 0.3) is 5.91 Å². The minimum absolute atomic E-state index is 0.00290. The molecule has 3 aromatic rings. The Bertz CT molecular complexity index is 1210. The Morgan fingerprint density at radius 1 is 1.00 bits per heavy atom. The maximum absolute atomic E-state index is 12.9. The molecule has 0 saturated carbocycles. The molecule has 1 saturated heterocycles. The van der Waals surface area contributed by atoms with Crippen molar-refractivity contribution in [1.29, 1.82) is 0 Å². The molecule has 8 nitrogen and oxygen atoms in total. The van der Waals surface area contributed by atoms with Crippen LogP contribution in [0.5, 0.6) is 11.5 Å². The number of carbonyl (C=O) groups excluding carboxylic acids is 1. The van der Waals surface area contributed by atoms with Gasteiger partial charge in [-0.2, -0.15) is 13.2 Å². The lowest BCUT2D eigenvalue weighted by atomic mass is 10.0. The summed E-state index contributed by atoms with van der Waals surface area (Å²) in [4.78, 5) is 24.7. The fraction of sp³-hybridized carbons (Fsp3) is 0.292. The zero-order chi connectivity index (χ0) is 25.2. The van der Waals surface area contributed by atoms with Crippen molar-refractivity contribution in [3.8, 4) is 22.9 Å². The van der Waals surface area contributed by atoms with Crippen LogP contribution in [0.25, 0.3) is 11.4 Å². The minimum Gasteiger partial charge on any atom is -0.457 e. The van der Waals surface area contributed by atoms with E-state index in [-0.39, 0.29) is 23.1 Å². The van der Waals surface area contributed by atoms with E-state index < -0.39 is 17.6 Å². The van der Waals surface area contributed by atoms with Crippen LogP contribution in [0.2, 0.25) is 0 Å². The van der Waals surface area contributed by atoms with Crippen LogP contribution in [-0.2, 0) is 12.7 Å². The smallest absolute Gasteiger partial charge is 0.416 e. The van der Waals surface area contributed by atoms with Crippen molar-refractivity contribution in [3.05, 3.63) is 65.4 Å². The first kappa shape index (κ1) is 24.4. The monoisotopic (exact) mass is 486 g/mol. The molecule has 4 N–H and O–H groups in total. The van der Waals surface area contributed by atoms with Gasteiger partial charge in [0.1, 0.15) is 23.0 Å². The number of aromatic nitrogens is 2. The van der Waals surface area contributed by atoms with Gasteiger partial charge >= 0.3 is 6.18 Å². The summed E-state index contributed by atoms with van der Waals surface area (Å²) < 4.78 is 44.4. The zero-order valence-corrected chi connectivity index (χ0v) is 19.0. The Morgan fingerprint density at radius 3 is 2.29 bits per heavy atom. The molecule has 0 spiro atoms. The predicted molar refractivity (Wildman–Crippen MR) is 125 cm³/mol. The summed E-state index contributed by atoms with van der Waals surface area (Å²) in [5, 5.41) is 0. The van der Waals surface area contributed by atoms with E-state index >= 15 is 0 Å². The quantitative estimate of drug-likeness (QED) is 0.550. The maximum Gasteiger partial charge on any atom is 0.416 e. The van der Waals surface area contributed by atoms with E-state index in [1.165, 1.54) is 18.2 Å².